The molecule has 0 bridgehead atoms. The molecule has 1 aliphatic carbocycles. The Morgan fingerprint density at radius 1 is 1.27 bits per heavy atom. The third-order valence-corrected chi connectivity index (χ3v) is 7.24. The number of thioether (sulfide) groups is 2. The van der Waals surface area contributed by atoms with Gasteiger partial charge in [0.25, 0.3) is 17.8 Å². The Morgan fingerprint density at radius 3 is 2.42 bits per heavy atom. The van der Waals surface area contributed by atoms with Crippen LogP contribution in [0.3, 0.4) is 0 Å². The minimum absolute atomic E-state index is 0.00143. The van der Waals surface area contributed by atoms with Crippen molar-refractivity contribution < 1.29 is 22.4 Å². The van der Waals surface area contributed by atoms with Crippen LogP contribution in [0.4, 0.5) is 17.6 Å². The van der Waals surface area contributed by atoms with E-state index in [0.29, 0.717) is 29.5 Å². The van der Waals surface area contributed by atoms with Gasteiger partial charge in [0.15, 0.2) is 5.17 Å². The van der Waals surface area contributed by atoms with Gasteiger partial charge in [-0.15, -0.1) is 11.8 Å². The van der Waals surface area contributed by atoms with E-state index in [2.05, 4.69) is 11.6 Å². The van der Waals surface area contributed by atoms with Crippen molar-refractivity contribution in [1.82, 2.24) is 4.90 Å². The molecule has 0 heterocycles. The SMILES string of the molecule is C=C(SC(=NC)N(C)C(=O)c1ccc(C2C=CC(C(C)(F)F)=CC2)cc1SCC)C(C)(F)F. The quantitative estimate of drug-likeness (QED) is 0.169. The van der Waals surface area contributed by atoms with E-state index in [4.69, 9.17) is 0 Å². The fourth-order valence-corrected chi connectivity index (χ4v) is 4.70. The Labute approximate surface area is 201 Å². The van der Waals surface area contributed by atoms with Gasteiger partial charge >= 0.3 is 0 Å². The van der Waals surface area contributed by atoms with Crippen LogP contribution in [0.25, 0.3) is 0 Å². The first-order valence-electron chi connectivity index (χ1n) is 10.3. The highest BCUT2D eigenvalue weighted by molar-refractivity contribution is 8.17. The number of hydrogen-bond donors (Lipinski definition) is 0. The van der Waals surface area contributed by atoms with Crippen LogP contribution in [0.5, 0.6) is 0 Å². The Kier molecular flexibility index (Phi) is 9.04. The summed E-state index contributed by atoms with van der Waals surface area (Å²) in [6.45, 7) is 6.96. The van der Waals surface area contributed by atoms with Gasteiger partial charge in [-0.3, -0.25) is 14.7 Å². The molecule has 0 saturated heterocycles. The molecule has 3 nitrogen and oxygen atoms in total. The molecule has 0 N–H and O–H groups in total. The normalized spacial score (nSPS) is 17.1. The molecule has 0 saturated carbocycles. The van der Waals surface area contributed by atoms with E-state index in [9.17, 15) is 22.4 Å². The number of nitrogens with zero attached hydrogens (tertiary/aromatic N) is 2. The molecular weight excluding hydrogens is 472 g/mol. The highest BCUT2D eigenvalue weighted by Gasteiger charge is 2.31. The minimum atomic E-state index is -3.11. The average molecular weight is 501 g/mol. The number of allylic oxidation sites excluding steroid dienone is 5. The molecule has 0 aliphatic heterocycles. The molecule has 0 aromatic heterocycles. The number of halogens is 4. The summed E-state index contributed by atoms with van der Waals surface area (Å²) < 4.78 is 54.2. The molecule has 1 aromatic rings. The number of rotatable bonds is 7. The predicted molar refractivity (Wildman–Crippen MR) is 131 cm³/mol. The van der Waals surface area contributed by atoms with Gasteiger partial charge in [-0.05, 0) is 29.9 Å². The summed E-state index contributed by atoms with van der Waals surface area (Å²) in [4.78, 5) is 18.8. The maximum Gasteiger partial charge on any atom is 0.276 e. The molecule has 0 radical (unpaired) electrons. The van der Waals surface area contributed by atoms with E-state index in [0.717, 1.165) is 24.3 Å². The molecule has 0 spiro atoms. The van der Waals surface area contributed by atoms with Gasteiger partial charge in [-0.1, -0.05) is 49.6 Å². The van der Waals surface area contributed by atoms with Gasteiger partial charge in [0, 0.05) is 44.3 Å². The number of amidine groups is 1. The first kappa shape index (κ1) is 27.2. The van der Waals surface area contributed by atoms with Crippen LogP contribution in [0.1, 0.15) is 49.0 Å². The first-order valence-corrected chi connectivity index (χ1v) is 12.1. The van der Waals surface area contributed by atoms with Crippen molar-refractivity contribution in [3.63, 3.8) is 0 Å². The van der Waals surface area contributed by atoms with Crippen molar-refractivity contribution in [3.8, 4) is 0 Å². The molecule has 1 atom stereocenters. The van der Waals surface area contributed by atoms with Crippen molar-refractivity contribution >= 4 is 34.6 Å². The second-order valence-electron chi connectivity index (χ2n) is 7.72. The molecule has 2 rings (SSSR count). The van der Waals surface area contributed by atoms with E-state index in [1.807, 2.05) is 13.0 Å². The van der Waals surface area contributed by atoms with Gasteiger partial charge in [-0.25, -0.2) is 17.6 Å². The predicted octanol–water partition coefficient (Wildman–Crippen LogP) is 7.38. The second kappa shape index (κ2) is 11.0. The Bertz CT molecular complexity index is 991. The number of aliphatic imine (C=N–C) groups is 1. The van der Waals surface area contributed by atoms with Crippen LogP contribution in [0.15, 0.2) is 63.4 Å². The highest BCUT2D eigenvalue weighted by Crippen LogP contribution is 2.36. The van der Waals surface area contributed by atoms with Crippen LogP contribution in [0.2, 0.25) is 0 Å². The van der Waals surface area contributed by atoms with Crippen molar-refractivity contribution in [2.75, 3.05) is 19.8 Å². The Hall–Kier alpha value is -2.00. The molecule has 9 heteroatoms. The standard InChI is InChI=1S/C24H28F4N2OS2/c1-7-32-20-14-17(16-8-11-18(12-9-16)24(4,27)28)10-13-19(20)21(31)30(6)22(29-5)33-15(2)23(3,25)26/h8,10-14,16H,2,7,9H2,1,3-6H3. The van der Waals surface area contributed by atoms with Crippen molar-refractivity contribution in [2.45, 2.75) is 49.9 Å². The minimum Gasteiger partial charge on any atom is -0.290 e. The van der Waals surface area contributed by atoms with Crippen LogP contribution in [-0.2, 0) is 0 Å². The molecule has 1 aromatic carbocycles. The van der Waals surface area contributed by atoms with Gasteiger partial charge in [-0.2, -0.15) is 0 Å². The summed E-state index contributed by atoms with van der Waals surface area (Å²) in [5.41, 5.74) is 1.33. The number of hydrogen-bond acceptors (Lipinski definition) is 4. The number of benzene rings is 1. The second-order valence-corrected chi connectivity index (χ2v) is 10.1. The monoisotopic (exact) mass is 500 g/mol. The third-order valence-electron chi connectivity index (χ3n) is 5.06. The summed E-state index contributed by atoms with van der Waals surface area (Å²) in [6, 6.07) is 5.38. The molecule has 1 aliphatic rings. The maximum absolute atomic E-state index is 13.5. The summed E-state index contributed by atoms with van der Waals surface area (Å²) in [5.74, 6) is -5.74. The van der Waals surface area contributed by atoms with Crippen molar-refractivity contribution in [2.24, 2.45) is 4.99 Å². The van der Waals surface area contributed by atoms with E-state index >= 15 is 0 Å². The zero-order valence-electron chi connectivity index (χ0n) is 19.3. The zero-order chi connectivity index (χ0) is 25.0. The Balaban J connectivity index is 2.28. The molecule has 33 heavy (non-hydrogen) atoms. The highest BCUT2D eigenvalue weighted by atomic mass is 32.2. The number of carbonyl (C=O) groups excluding carboxylic acids is 1. The van der Waals surface area contributed by atoms with Gasteiger partial charge in [0.05, 0.1) is 10.5 Å². The summed E-state index contributed by atoms with van der Waals surface area (Å²) in [7, 11) is 2.91. The van der Waals surface area contributed by atoms with Crippen LogP contribution in [0, 0.1) is 0 Å². The lowest BCUT2D eigenvalue weighted by atomic mass is 9.88. The molecule has 180 valence electrons. The van der Waals surface area contributed by atoms with Crippen LogP contribution in [-0.4, -0.2) is 47.7 Å². The van der Waals surface area contributed by atoms with E-state index < -0.39 is 16.8 Å². The third kappa shape index (κ3) is 6.99. The lowest BCUT2D eigenvalue weighted by Gasteiger charge is -2.23. The van der Waals surface area contributed by atoms with Crippen molar-refractivity contribution in [3.05, 3.63) is 64.6 Å². The molecule has 1 unspecified atom stereocenters. The molecule has 0 fully saturated rings. The molecular formula is C24H28F4N2OS2. The van der Waals surface area contributed by atoms with E-state index in [-0.39, 0.29) is 22.6 Å². The van der Waals surface area contributed by atoms with Crippen LogP contribution < -0.4 is 0 Å². The lowest BCUT2D eigenvalue weighted by molar-refractivity contribution is 0.0666. The fourth-order valence-electron chi connectivity index (χ4n) is 3.15. The molecule has 1 amide bonds. The van der Waals surface area contributed by atoms with Crippen LogP contribution >= 0.6 is 23.5 Å². The maximum atomic E-state index is 13.5. The van der Waals surface area contributed by atoms with Crippen molar-refractivity contribution in [1.29, 1.82) is 0 Å². The zero-order valence-corrected chi connectivity index (χ0v) is 20.9. The first-order chi connectivity index (χ1) is 15.3. The summed E-state index contributed by atoms with van der Waals surface area (Å²) in [5, 5.41) is 0.108. The summed E-state index contributed by atoms with van der Waals surface area (Å²) >= 11 is 2.13. The smallest absolute Gasteiger partial charge is 0.276 e. The Morgan fingerprint density at radius 2 is 1.94 bits per heavy atom. The number of carbonyl (C=O) groups is 1. The number of amides is 1. The summed E-state index contributed by atoms with van der Waals surface area (Å²) in [6.07, 6.45) is 5.19. The average Bonchev–Trinajstić information content (AvgIpc) is 2.75. The largest absolute Gasteiger partial charge is 0.290 e. The van der Waals surface area contributed by atoms with E-state index in [1.165, 1.54) is 36.8 Å². The topological polar surface area (TPSA) is 32.7 Å². The lowest BCUT2D eigenvalue weighted by Crippen LogP contribution is -2.32. The number of alkyl halides is 4. The fraction of sp³-hybridized carbons (Fsp3) is 0.417. The van der Waals surface area contributed by atoms with Gasteiger partial charge < -0.3 is 0 Å². The van der Waals surface area contributed by atoms with Gasteiger partial charge in [0.1, 0.15) is 0 Å². The van der Waals surface area contributed by atoms with Gasteiger partial charge in [0.2, 0.25) is 0 Å². The van der Waals surface area contributed by atoms with E-state index in [1.54, 1.807) is 24.3 Å².